The molecule has 3 rings (SSSR count). The Hall–Kier alpha value is -1.51. The third-order valence-electron chi connectivity index (χ3n) is 4.43. The highest BCUT2D eigenvalue weighted by molar-refractivity contribution is 5.78. The molecular formula is C16H27N5O3. The predicted molar refractivity (Wildman–Crippen MR) is 87.5 cm³/mol. The molecule has 24 heavy (non-hydrogen) atoms. The zero-order valence-corrected chi connectivity index (χ0v) is 14.3. The van der Waals surface area contributed by atoms with Crippen molar-refractivity contribution in [1.82, 2.24) is 25.4 Å². The first kappa shape index (κ1) is 17.3. The molecule has 3 heterocycles. The fourth-order valence-electron chi connectivity index (χ4n) is 3.12. The summed E-state index contributed by atoms with van der Waals surface area (Å²) in [6, 6.07) is 0.243. The van der Waals surface area contributed by atoms with Crippen molar-refractivity contribution in [3.8, 4) is 0 Å². The Morgan fingerprint density at radius 3 is 3.00 bits per heavy atom. The van der Waals surface area contributed by atoms with Gasteiger partial charge in [0.1, 0.15) is 11.9 Å². The third-order valence-corrected chi connectivity index (χ3v) is 4.43. The van der Waals surface area contributed by atoms with Crippen LogP contribution in [0.1, 0.15) is 43.9 Å². The number of carbonyl (C=O) groups excluding carboxylic acids is 1. The maximum absolute atomic E-state index is 12.2. The number of aryl methyl sites for hydroxylation is 1. The molecule has 8 heteroatoms. The van der Waals surface area contributed by atoms with Crippen LogP contribution in [0.2, 0.25) is 0 Å². The van der Waals surface area contributed by atoms with Crippen molar-refractivity contribution in [3.05, 3.63) is 11.6 Å². The van der Waals surface area contributed by atoms with Gasteiger partial charge in [-0.05, 0) is 19.3 Å². The zero-order valence-electron chi connectivity index (χ0n) is 14.3. The molecule has 2 aliphatic rings. The Balaban J connectivity index is 1.48. The summed E-state index contributed by atoms with van der Waals surface area (Å²) in [5, 5.41) is 10.3. The number of nitrogens with one attached hydrogen (secondary N) is 2. The molecule has 1 aromatic rings. The van der Waals surface area contributed by atoms with Gasteiger partial charge < -0.3 is 14.8 Å². The van der Waals surface area contributed by atoms with Crippen LogP contribution >= 0.6 is 0 Å². The number of nitrogens with zero attached hydrogens (tertiary/aromatic N) is 3. The molecule has 0 aromatic carbocycles. The van der Waals surface area contributed by atoms with Crippen LogP contribution in [0.4, 0.5) is 0 Å². The number of aromatic nitrogens is 3. The first-order valence-electron chi connectivity index (χ1n) is 8.87. The number of hydrogen-bond donors (Lipinski definition) is 2. The Kier molecular flexibility index (Phi) is 6.17. The summed E-state index contributed by atoms with van der Waals surface area (Å²) in [7, 11) is 0. The Labute approximate surface area is 142 Å². The van der Waals surface area contributed by atoms with Crippen LogP contribution in [0.5, 0.6) is 0 Å². The summed E-state index contributed by atoms with van der Waals surface area (Å²) in [5.41, 5.74) is 0. The minimum Gasteiger partial charge on any atom is -0.381 e. The quantitative estimate of drug-likeness (QED) is 0.782. The van der Waals surface area contributed by atoms with E-state index in [1.807, 2.05) is 0 Å². The zero-order chi connectivity index (χ0) is 16.8. The van der Waals surface area contributed by atoms with Crippen molar-refractivity contribution in [2.45, 2.75) is 44.8 Å². The number of hydrogen-bond acceptors (Lipinski definition) is 6. The van der Waals surface area contributed by atoms with E-state index in [1.165, 1.54) is 0 Å². The number of morpholine rings is 1. The SMILES string of the molecule is CCCc1nc([C@H]2CN(CC(=O)NC3CCOCC3)CCO2)n[nH]1. The second-order valence-electron chi connectivity index (χ2n) is 6.44. The Bertz CT molecular complexity index is 530. The molecule has 0 radical (unpaired) electrons. The lowest BCUT2D eigenvalue weighted by Gasteiger charge is -2.31. The van der Waals surface area contributed by atoms with Crippen molar-refractivity contribution < 1.29 is 14.3 Å². The van der Waals surface area contributed by atoms with Gasteiger partial charge in [-0.3, -0.25) is 14.8 Å². The fourth-order valence-corrected chi connectivity index (χ4v) is 3.12. The molecule has 8 nitrogen and oxygen atoms in total. The fraction of sp³-hybridized carbons (Fsp3) is 0.812. The minimum absolute atomic E-state index is 0.0733. The third kappa shape index (κ3) is 4.75. The normalized spacial score (nSPS) is 23.3. The molecule has 0 spiro atoms. The largest absolute Gasteiger partial charge is 0.381 e. The first-order chi connectivity index (χ1) is 11.7. The molecule has 1 amide bonds. The lowest BCUT2D eigenvalue weighted by molar-refractivity contribution is -0.125. The van der Waals surface area contributed by atoms with Gasteiger partial charge in [-0.1, -0.05) is 6.92 Å². The lowest BCUT2D eigenvalue weighted by atomic mass is 10.1. The van der Waals surface area contributed by atoms with Crippen molar-refractivity contribution >= 4 is 5.91 Å². The molecule has 2 fully saturated rings. The van der Waals surface area contributed by atoms with Gasteiger partial charge >= 0.3 is 0 Å². The van der Waals surface area contributed by atoms with Gasteiger partial charge in [-0.2, -0.15) is 5.10 Å². The monoisotopic (exact) mass is 337 g/mol. The number of aromatic amines is 1. The van der Waals surface area contributed by atoms with E-state index in [0.717, 1.165) is 51.3 Å². The van der Waals surface area contributed by atoms with E-state index in [-0.39, 0.29) is 18.1 Å². The summed E-state index contributed by atoms with van der Waals surface area (Å²) in [6.07, 6.45) is 3.54. The molecule has 2 aliphatic heterocycles. The number of H-pyrrole nitrogens is 1. The number of rotatable bonds is 6. The highest BCUT2D eigenvalue weighted by Gasteiger charge is 2.27. The number of carbonyl (C=O) groups is 1. The van der Waals surface area contributed by atoms with Gasteiger partial charge in [0.2, 0.25) is 5.91 Å². The van der Waals surface area contributed by atoms with E-state index in [4.69, 9.17) is 9.47 Å². The molecule has 2 N–H and O–H groups in total. The van der Waals surface area contributed by atoms with E-state index in [1.54, 1.807) is 0 Å². The van der Waals surface area contributed by atoms with Gasteiger partial charge in [0.15, 0.2) is 5.82 Å². The van der Waals surface area contributed by atoms with E-state index >= 15 is 0 Å². The van der Waals surface area contributed by atoms with Crippen LogP contribution in [0.25, 0.3) is 0 Å². The summed E-state index contributed by atoms with van der Waals surface area (Å²) in [6.45, 7) is 5.95. The predicted octanol–water partition coefficient (Wildman–Crippen LogP) is 0.426. The standard InChI is InChI=1S/C16H27N5O3/c1-2-3-14-18-16(20-19-14)13-10-21(6-9-24-13)11-15(22)17-12-4-7-23-8-5-12/h12-13H,2-11H2,1H3,(H,17,22)(H,18,19,20)/t13-/m1/s1. The van der Waals surface area contributed by atoms with Crippen molar-refractivity contribution in [1.29, 1.82) is 0 Å². The van der Waals surface area contributed by atoms with Crippen LogP contribution in [0.15, 0.2) is 0 Å². The number of amides is 1. The molecule has 0 saturated carbocycles. The van der Waals surface area contributed by atoms with Crippen molar-refractivity contribution in [2.75, 3.05) is 39.5 Å². The summed E-state index contributed by atoms with van der Waals surface area (Å²) in [4.78, 5) is 18.8. The topological polar surface area (TPSA) is 92.4 Å². The van der Waals surface area contributed by atoms with Gasteiger partial charge in [-0.15, -0.1) is 0 Å². The van der Waals surface area contributed by atoms with Crippen LogP contribution < -0.4 is 5.32 Å². The summed E-state index contributed by atoms with van der Waals surface area (Å²) in [5.74, 6) is 1.66. The molecule has 1 aromatic heterocycles. The van der Waals surface area contributed by atoms with Gasteiger partial charge in [0.05, 0.1) is 13.2 Å². The molecule has 0 aliphatic carbocycles. The molecule has 134 valence electrons. The Morgan fingerprint density at radius 2 is 2.21 bits per heavy atom. The van der Waals surface area contributed by atoms with E-state index in [9.17, 15) is 4.79 Å². The minimum atomic E-state index is -0.170. The van der Waals surface area contributed by atoms with Crippen molar-refractivity contribution in [3.63, 3.8) is 0 Å². The maximum atomic E-state index is 12.2. The Morgan fingerprint density at radius 1 is 1.38 bits per heavy atom. The van der Waals surface area contributed by atoms with Gasteiger partial charge in [-0.25, -0.2) is 4.98 Å². The highest BCUT2D eigenvalue weighted by Crippen LogP contribution is 2.19. The average molecular weight is 337 g/mol. The van der Waals surface area contributed by atoms with E-state index in [0.29, 0.717) is 25.5 Å². The lowest BCUT2D eigenvalue weighted by Crippen LogP contribution is -2.47. The van der Waals surface area contributed by atoms with E-state index < -0.39 is 0 Å². The van der Waals surface area contributed by atoms with Crippen LogP contribution in [-0.2, 0) is 20.7 Å². The maximum Gasteiger partial charge on any atom is 0.234 e. The summed E-state index contributed by atoms with van der Waals surface area (Å²) >= 11 is 0. The highest BCUT2D eigenvalue weighted by atomic mass is 16.5. The average Bonchev–Trinajstić information content (AvgIpc) is 3.05. The van der Waals surface area contributed by atoms with Crippen molar-refractivity contribution in [2.24, 2.45) is 0 Å². The molecule has 0 bridgehead atoms. The molecule has 2 saturated heterocycles. The second-order valence-corrected chi connectivity index (χ2v) is 6.44. The first-order valence-corrected chi connectivity index (χ1v) is 8.87. The van der Waals surface area contributed by atoms with E-state index in [2.05, 4.69) is 32.3 Å². The van der Waals surface area contributed by atoms with Crippen LogP contribution in [-0.4, -0.2) is 71.5 Å². The smallest absolute Gasteiger partial charge is 0.234 e. The second kappa shape index (κ2) is 8.55. The molecule has 0 unspecified atom stereocenters. The molecule has 1 atom stereocenters. The summed E-state index contributed by atoms with van der Waals surface area (Å²) < 4.78 is 11.1. The van der Waals surface area contributed by atoms with Gasteiger partial charge in [0.25, 0.3) is 0 Å². The van der Waals surface area contributed by atoms with Crippen LogP contribution in [0, 0.1) is 0 Å². The van der Waals surface area contributed by atoms with Gasteiger partial charge in [0, 0.05) is 38.8 Å². The number of ether oxygens (including phenoxy) is 2. The molecular weight excluding hydrogens is 310 g/mol. The van der Waals surface area contributed by atoms with Crippen LogP contribution in [0.3, 0.4) is 0 Å².